The third kappa shape index (κ3) is 4.30. The first-order chi connectivity index (χ1) is 16.6. The molecule has 35 heavy (non-hydrogen) atoms. The number of aromatic amines is 1. The monoisotopic (exact) mass is 478 g/mol. The molecule has 2 aromatic carbocycles. The number of aromatic hydroxyl groups is 1. The van der Waals surface area contributed by atoms with Crippen LogP contribution < -0.4 is 20.7 Å². The summed E-state index contributed by atoms with van der Waals surface area (Å²) in [6, 6.07) is 10.1. The predicted molar refractivity (Wildman–Crippen MR) is 130 cm³/mol. The summed E-state index contributed by atoms with van der Waals surface area (Å²) < 4.78 is 11.7. The zero-order valence-corrected chi connectivity index (χ0v) is 20.1. The van der Waals surface area contributed by atoms with E-state index in [0.717, 1.165) is 15.7 Å². The van der Waals surface area contributed by atoms with Crippen LogP contribution in [0, 0.1) is 13.8 Å². The van der Waals surface area contributed by atoms with Gasteiger partial charge in [-0.1, -0.05) is 12.1 Å². The lowest BCUT2D eigenvalue weighted by Crippen LogP contribution is -2.33. The van der Waals surface area contributed by atoms with Crippen LogP contribution in [0.2, 0.25) is 0 Å². The Morgan fingerprint density at radius 3 is 2.31 bits per heavy atom. The van der Waals surface area contributed by atoms with Crippen LogP contribution in [0.4, 0.5) is 0 Å². The summed E-state index contributed by atoms with van der Waals surface area (Å²) in [5, 5.41) is 16.7. The maximum absolute atomic E-state index is 12.8. The number of hydrogen-bond acceptors (Lipinski definition) is 7. The molecule has 1 aromatic heterocycles. The Bertz CT molecular complexity index is 1450. The first-order valence-corrected chi connectivity index (χ1v) is 10.9. The van der Waals surface area contributed by atoms with Gasteiger partial charge in [-0.2, -0.15) is 5.10 Å². The third-order valence-electron chi connectivity index (χ3n) is 5.86. The van der Waals surface area contributed by atoms with Crippen LogP contribution in [0.5, 0.6) is 17.4 Å². The number of H-pyrrole nitrogens is 1. The molecule has 1 atom stereocenters. The zero-order chi connectivity index (χ0) is 25.4. The van der Waals surface area contributed by atoms with Crippen molar-refractivity contribution in [2.75, 3.05) is 14.2 Å². The molecular formula is C25H26N4O6. The molecule has 10 nitrogen and oxygen atoms in total. The highest BCUT2D eigenvalue weighted by molar-refractivity contribution is 6.04. The van der Waals surface area contributed by atoms with Gasteiger partial charge in [0, 0.05) is 13.3 Å². The number of nitrogens with one attached hydrogen (secondary N) is 1. The summed E-state index contributed by atoms with van der Waals surface area (Å²) in [6.45, 7) is 5.09. The average Bonchev–Trinajstić information content (AvgIpc) is 3.23. The van der Waals surface area contributed by atoms with Gasteiger partial charge in [0.05, 0.1) is 31.7 Å². The van der Waals surface area contributed by atoms with Gasteiger partial charge in [-0.05, 0) is 54.8 Å². The number of aromatic nitrogens is 2. The van der Waals surface area contributed by atoms with E-state index in [-0.39, 0.29) is 23.6 Å². The van der Waals surface area contributed by atoms with E-state index in [1.54, 1.807) is 30.3 Å². The number of hydrogen-bond donors (Lipinski definition) is 2. The van der Waals surface area contributed by atoms with Crippen molar-refractivity contribution in [2.24, 2.45) is 5.10 Å². The topological polar surface area (TPSA) is 126 Å². The van der Waals surface area contributed by atoms with E-state index in [2.05, 4.69) is 10.1 Å². The number of benzene rings is 2. The van der Waals surface area contributed by atoms with Crippen LogP contribution in [-0.2, 0) is 4.79 Å². The normalized spacial score (nSPS) is 15.2. The maximum atomic E-state index is 12.8. The molecule has 0 saturated carbocycles. The molecule has 0 bridgehead atoms. The van der Waals surface area contributed by atoms with Gasteiger partial charge in [0.1, 0.15) is 5.56 Å². The van der Waals surface area contributed by atoms with Crippen LogP contribution >= 0.6 is 0 Å². The Balaban J connectivity index is 1.83. The quantitative estimate of drug-likeness (QED) is 0.580. The van der Waals surface area contributed by atoms with Crippen molar-refractivity contribution < 1.29 is 19.4 Å². The van der Waals surface area contributed by atoms with Gasteiger partial charge in [0.2, 0.25) is 11.8 Å². The van der Waals surface area contributed by atoms with Gasteiger partial charge in [-0.25, -0.2) is 14.4 Å². The fraction of sp³-hybridized carbons (Fsp3) is 0.280. The minimum absolute atomic E-state index is 0.136. The van der Waals surface area contributed by atoms with E-state index >= 15 is 0 Å². The van der Waals surface area contributed by atoms with Gasteiger partial charge in [-0.15, -0.1) is 0 Å². The van der Waals surface area contributed by atoms with Crippen molar-refractivity contribution in [1.29, 1.82) is 0 Å². The van der Waals surface area contributed by atoms with Crippen LogP contribution in [0.1, 0.15) is 41.6 Å². The Labute approximate surface area is 201 Å². The molecule has 0 fully saturated rings. The zero-order valence-electron chi connectivity index (χ0n) is 20.1. The minimum atomic E-state index is -0.789. The fourth-order valence-corrected chi connectivity index (χ4v) is 4.38. The lowest BCUT2D eigenvalue weighted by atomic mass is 9.98. The number of rotatable bonds is 5. The molecule has 10 heteroatoms. The van der Waals surface area contributed by atoms with Gasteiger partial charge < -0.3 is 14.6 Å². The maximum Gasteiger partial charge on any atom is 0.335 e. The highest BCUT2D eigenvalue weighted by atomic mass is 16.5. The SMILES string of the molecule is COc1ccc(C2CC(c3c(O)n(-c4cc(C)cc(C)c4)c(=O)[nH]c3=O)=NN2C(C)=O)cc1OC. The molecule has 3 aromatic rings. The second-order valence-corrected chi connectivity index (χ2v) is 8.38. The molecule has 1 aliphatic rings. The van der Waals surface area contributed by atoms with E-state index in [9.17, 15) is 19.5 Å². The van der Waals surface area contributed by atoms with Crippen molar-refractivity contribution in [1.82, 2.24) is 14.6 Å². The lowest BCUT2D eigenvalue weighted by Gasteiger charge is -2.21. The van der Waals surface area contributed by atoms with E-state index < -0.39 is 23.2 Å². The fourth-order valence-electron chi connectivity index (χ4n) is 4.38. The minimum Gasteiger partial charge on any atom is -0.493 e. The van der Waals surface area contributed by atoms with E-state index in [1.807, 2.05) is 19.9 Å². The number of ether oxygens (including phenoxy) is 2. The number of amides is 1. The largest absolute Gasteiger partial charge is 0.493 e. The molecule has 182 valence electrons. The molecular weight excluding hydrogens is 452 g/mol. The van der Waals surface area contributed by atoms with Gasteiger partial charge in [0.25, 0.3) is 5.56 Å². The summed E-state index contributed by atoms with van der Waals surface area (Å²) >= 11 is 0. The summed E-state index contributed by atoms with van der Waals surface area (Å²) in [4.78, 5) is 40.2. The number of hydrazone groups is 1. The van der Waals surface area contributed by atoms with Crippen LogP contribution in [-0.4, -0.2) is 45.5 Å². The Morgan fingerprint density at radius 2 is 1.71 bits per heavy atom. The van der Waals surface area contributed by atoms with E-state index in [0.29, 0.717) is 22.7 Å². The van der Waals surface area contributed by atoms with Crippen molar-refractivity contribution in [3.8, 4) is 23.1 Å². The average molecular weight is 479 g/mol. The number of aryl methyl sites for hydroxylation is 2. The molecule has 1 unspecified atom stereocenters. The lowest BCUT2D eigenvalue weighted by molar-refractivity contribution is -0.130. The molecule has 2 heterocycles. The van der Waals surface area contributed by atoms with Gasteiger partial charge >= 0.3 is 5.69 Å². The molecule has 4 rings (SSSR count). The van der Waals surface area contributed by atoms with Gasteiger partial charge in [0.15, 0.2) is 11.5 Å². The second kappa shape index (κ2) is 9.13. The third-order valence-corrected chi connectivity index (χ3v) is 5.86. The molecule has 1 aliphatic heterocycles. The summed E-state index contributed by atoms with van der Waals surface area (Å²) in [7, 11) is 3.03. The summed E-state index contributed by atoms with van der Waals surface area (Å²) in [6.07, 6.45) is 0.136. The molecule has 1 amide bonds. The van der Waals surface area contributed by atoms with E-state index in [4.69, 9.17) is 9.47 Å². The van der Waals surface area contributed by atoms with E-state index in [1.165, 1.54) is 26.2 Å². The van der Waals surface area contributed by atoms with Crippen molar-refractivity contribution in [3.05, 3.63) is 79.5 Å². The summed E-state index contributed by atoms with van der Waals surface area (Å²) in [5.74, 6) is 0.114. The smallest absolute Gasteiger partial charge is 0.335 e. The standard InChI is InChI=1S/C25H26N4O6/c1-13-8-14(2)10-17(9-13)28-24(32)22(23(31)26-25(28)33)18-12-19(29(27-18)15(3)30)16-6-7-20(34-4)21(11-16)35-5/h6-11,19,32H,12H2,1-5H3,(H,26,31,33). The summed E-state index contributed by atoms with van der Waals surface area (Å²) in [5.41, 5.74) is 1.32. The first-order valence-electron chi connectivity index (χ1n) is 10.9. The molecule has 0 spiro atoms. The first kappa shape index (κ1) is 23.8. The molecule has 2 N–H and O–H groups in total. The number of carbonyl (C=O) groups is 1. The Hall–Kier alpha value is -4.34. The molecule has 0 aliphatic carbocycles. The highest BCUT2D eigenvalue weighted by Crippen LogP contribution is 2.37. The predicted octanol–water partition coefficient (Wildman–Crippen LogP) is 2.56. The van der Waals surface area contributed by atoms with Crippen LogP contribution in [0.25, 0.3) is 5.69 Å². The number of nitrogens with zero attached hydrogens (tertiary/aromatic N) is 3. The van der Waals surface area contributed by atoms with Crippen LogP contribution in [0.3, 0.4) is 0 Å². The molecule has 0 radical (unpaired) electrons. The second-order valence-electron chi connectivity index (χ2n) is 8.38. The van der Waals surface area contributed by atoms with Crippen molar-refractivity contribution >= 4 is 11.6 Å². The highest BCUT2D eigenvalue weighted by Gasteiger charge is 2.35. The molecule has 0 saturated heterocycles. The Morgan fingerprint density at radius 1 is 1.06 bits per heavy atom. The Kier molecular flexibility index (Phi) is 6.21. The van der Waals surface area contributed by atoms with Crippen LogP contribution in [0.15, 0.2) is 51.1 Å². The number of carbonyl (C=O) groups excluding carboxylic acids is 1. The van der Waals surface area contributed by atoms with Crippen molar-refractivity contribution in [2.45, 2.75) is 33.2 Å². The van der Waals surface area contributed by atoms with Crippen molar-refractivity contribution in [3.63, 3.8) is 0 Å². The number of methoxy groups -OCH3 is 2. The van der Waals surface area contributed by atoms with Gasteiger partial charge in [-0.3, -0.25) is 14.6 Å².